The average Bonchev–Trinajstić information content (AvgIpc) is 3.06. The molecular formula is C21H16Cl2N2O5. The van der Waals surface area contributed by atoms with Gasteiger partial charge in [0.15, 0.2) is 11.8 Å². The smallest absolute Gasteiger partial charge is 0.414 e. The summed E-state index contributed by atoms with van der Waals surface area (Å²) in [6.07, 6.45) is -1.01. The van der Waals surface area contributed by atoms with Crippen LogP contribution in [0.5, 0.6) is 5.75 Å². The molecule has 1 N–H and O–H groups in total. The third-order valence-corrected chi connectivity index (χ3v) is 5.14. The number of carboxylic acid groups (broad SMARTS) is 1. The van der Waals surface area contributed by atoms with Gasteiger partial charge in [0.2, 0.25) is 0 Å². The van der Waals surface area contributed by atoms with Crippen LogP contribution in [-0.2, 0) is 4.74 Å². The number of rotatable bonds is 5. The van der Waals surface area contributed by atoms with Crippen LogP contribution in [0.25, 0.3) is 10.9 Å². The van der Waals surface area contributed by atoms with Gasteiger partial charge in [-0.15, -0.1) is 0 Å². The maximum atomic E-state index is 12.3. The standard InChI is InChI=1S/C21H16Cl2N2O5/c1-11-3-2-4-13(5-11)25-9-14(30-21(25)28)10-29-18-8-17(20(26)27)24-16-7-12(22)6-15(23)19(16)18/h2-8,14H,9-10H2,1H3,(H,26,27). The maximum absolute atomic E-state index is 12.3. The number of halogens is 2. The van der Waals surface area contributed by atoms with Crippen molar-refractivity contribution in [2.45, 2.75) is 13.0 Å². The molecule has 1 unspecified atom stereocenters. The van der Waals surface area contributed by atoms with Crippen molar-refractivity contribution in [3.05, 3.63) is 63.8 Å². The molecular weight excluding hydrogens is 431 g/mol. The predicted molar refractivity (Wildman–Crippen MR) is 113 cm³/mol. The van der Waals surface area contributed by atoms with Gasteiger partial charge < -0.3 is 14.6 Å². The van der Waals surface area contributed by atoms with E-state index < -0.39 is 18.2 Å². The molecule has 1 aromatic heterocycles. The number of aromatic carboxylic acids is 1. The molecule has 2 heterocycles. The van der Waals surface area contributed by atoms with Crippen LogP contribution in [0.2, 0.25) is 10.0 Å². The molecule has 1 atom stereocenters. The number of carbonyl (C=O) groups is 2. The van der Waals surface area contributed by atoms with Crippen LogP contribution < -0.4 is 9.64 Å². The molecule has 0 aliphatic carbocycles. The first-order valence-electron chi connectivity index (χ1n) is 9.02. The summed E-state index contributed by atoms with van der Waals surface area (Å²) < 4.78 is 11.2. The zero-order chi connectivity index (χ0) is 21.4. The fourth-order valence-electron chi connectivity index (χ4n) is 3.27. The SMILES string of the molecule is Cc1cccc(N2CC(COc3cc(C(=O)O)nc4cc(Cl)cc(Cl)c34)OC2=O)c1. The number of nitrogens with zero attached hydrogens (tertiary/aromatic N) is 2. The first kappa shape index (κ1) is 20.3. The number of aryl methyl sites for hydroxylation is 1. The molecule has 30 heavy (non-hydrogen) atoms. The van der Waals surface area contributed by atoms with Gasteiger partial charge in [-0.1, -0.05) is 35.3 Å². The largest absolute Gasteiger partial charge is 0.489 e. The fourth-order valence-corrected chi connectivity index (χ4v) is 3.85. The third kappa shape index (κ3) is 3.99. The van der Waals surface area contributed by atoms with Crippen molar-refractivity contribution < 1.29 is 24.2 Å². The third-order valence-electron chi connectivity index (χ3n) is 4.62. The zero-order valence-corrected chi connectivity index (χ0v) is 17.3. The summed E-state index contributed by atoms with van der Waals surface area (Å²) in [6.45, 7) is 2.26. The van der Waals surface area contributed by atoms with Crippen LogP contribution >= 0.6 is 23.2 Å². The number of hydrogen-bond acceptors (Lipinski definition) is 5. The Labute approximate surface area is 181 Å². The van der Waals surface area contributed by atoms with Crippen LogP contribution in [0.15, 0.2) is 42.5 Å². The Bertz CT molecular complexity index is 1170. The maximum Gasteiger partial charge on any atom is 0.414 e. The van der Waals surface area contributed by atoms with Crippen molar-refractivity contribution in [1.82, 2.24) is 4.98 Å². The Morgan fingerprint density at radius 3 is 2.83 bits per heavy atom. The monoisotopic (exact) mass is 446 g/mol. The van der Waals surface area contributed by atoms with Gasteiger partial charge in [0.25, 0.3) is 0 Å². The number of carboxylic acids is 1. The lowest BCUT2D eigenvalue weighted by molar-refractivity contribution is 0.0690. The Kier molecular flexibility index (Phi) is 5.40. The van der Waals surface area contributed by atoms with Gasteiger partial charge in [-0.3, -0.25) is 4.90 Å². The summed E-state index contributed by atoms with van der Waals surface area (Å²) in [5.41, 5.74) is 1.85. The Balaban J connectivity index is 1.58. The highest BCUT2D eigenvalue weighted by atomic mass is 35.5. The van der Waals surface area contributed by atoms with Crippen molar-refractivity contribution in [3.8, 4) is 5.75 Å². The van der Waals surface area contributed by atoms with Crippen LogP contribution in [0.4, 0.5) is 10.5 Å². The van der Waals surface area contributed by atoms with Crippen LogP contribution in [0.3, 0.4) is 0 Å². The van der Waals surface area contributed by atoms with E-state index in [1.165, 1.54) is 23.1 Å². The van der Waals surface area contributed by atoms with Crippen molar-refractivity contribution in [1.29, 1.82) is 0 Å². The van der Waals surface area contributed by atoms with Crippen LogP contribution in [-0.4, -0.2) is 41.4 Å². The number of aromatic nitrogens is 1. The van der Waals surface area contributed by atoms with E-state index in [2.05, 4.69) is 4.98 Å². The van der Waals surface area contributed by atoms with Crippen molar-refractivity contribution >= 4 is 51.9 Å². The Morgan fingerprint density at radius 2 is 2.10 bits per heavy atom. The second kappa shape index (κ2) is 8.01. The number of anilines is 1. The normalized spacial score (nSPS) is 16.0. The number of ether oxygens (including phenoxy) is 2. The van der Waals surface area contributed by atoms with Crippen molar-refractivity contribution in [2.75, 3.05) is 18.1 Å². The summed E-state index contributed by atoms with van der Waals surface area (Å²) in [5.74, 6) is -0.986. The molecule has 1 aliphatic rings. The Morgan fingerprint density at radius 1 is 1.30 bits per heavy atom. The lowest BCUT2D eigenvalue weighted by Crippen LogP contribution is -2.26. The molecule has 7 nitrogen and oxygen atoms in total. The number of cyclic esters (lactones) is 1. The van der Waals surface area contributed by atoms with E-state index in [9.17, 15) is 14.7 Å². The molecule has 4 rings (SSSR count). The number of pyridine rings is 1. The second-order valence-corrected chi connectivity index (χ2v) is 7.70. The molecule has 3 aromatic rings. The van der Waals surface area contributed by atoms with Gasteiger partial charge in [0, 0.05) is 16.8 Å². The molecule has 1 fully saturated rings. The van der Waals surface area contributed by atoms with E-state index in [4.69, 9.17) is 32.7 Å². The molecule has 1 saturated heterocycles. The summed E-state index contributed by atoms with van der Waals surface area (Å²) in [6, 6.07) is 11.9. The van der Waals surface area contributed by atoms with Crippen molar-refractivity contribution in [3.63, 3.8) is 0 Å². The van der Waals surface area contributed by atoms with Crippen molar-refractivity contribution in [2.24, 2.45) is 0 Å². The molecule has 154 valence electrons. The minimum atomic E-state index is -1.21. The van der Waals surface area contributed by atoms with Gasteiger partial charge >= 0.3 is 12.1 Å². The van der Waals surface area contributed by atoms with E-state index >= 15 is 0 Å². The highest BCUT2D eigenvalue weighted by Gasteiger charge is 2.33. The lowest BCUT2D eigenvalue weighted by Gasteiger charge is -2.15. The summed E-state index contributed by atoms with van der Waals surface area (Å²) >= 11 is 12.3. The second-order valence-electron chi connectivity index (χ2n) is 6.86. The molecule has 1 amide bonds. The van der Waals surface area contributed by atoms with Gasteiger partial charge in [0.1, 0.15) is 12.4 Å². The predicted octanol–water partition coefficient (Wildman–Crippen LogP) is 4.95. The number of amides is 1. The minimum Gasteiger partial charge on any atom is -0.489 e. The lowest BCUT2D eigenvalue weighted by atomic mass is 10.1. The molecule has 0 radical (unpaired) electrons. The highest BCUT2D eigenvalue weighted by Crippen LogP contribution is 2.35. The van der Waals surface area contributed by atoms with E-state index in [-0.39, 0.29) is 23.1 Å². The molecule has 0 saturated carbocycles. The molecule has 9 heteroatoms. The zero-order valence-electron chi connectivity index (χ0n) is 15.8. The van der Waals surface area contributed by atoms with E-state index in [1.54, 1.807) is 0 Å². The summed E-state index contributed by atoms with van der Waals surface area (Å²) in [7, 11) is 0. The topological polar surface area (TPSA) is 89.0 Å². The van der Waals surface area contributed by atoms with Crippen LogP contribution in [0, 0.1) is 6.92 Å². The number of hydrogen-bond donors (Lipinski definition) is 1. The van der Waals surface area contributed by atoms with Gasteiger partial charge in [-0.2, -0.15) is 0 Å². The minimum absolute atomic E-state index is 0.0190. The molecule has 2 aromatic carbocycles. The molecule has 0 bridgehead atoms. The Hall–Kier alpha value is -3.03. The van der Waals surface area contributed by atoms with E-state index in [0.717, 1.165) is 11.3 Å². The highest BCUT2D eigenvalue weighted by molar-refractivity contribution is 6.39. The number of fused-ring (bicyclic) bond motifs is 1. The molecule has 0 spiro atoms. The van der Waals surface area contributed by atoms with Gasteiger partial charge in [-0.25, -0.2) is 14.6 Å². The van der Waals surface area contributed by atoms with Gasteiger partial charge in [0.05, 0.1) is 22.5 Å². The first-order valence-corrected chi connectivity index (χ1v) is 9.78. The van der Waals surface area contributed by atoms with Gasteiger partial charge in [-0.05, 0) is 36.8 Å². The number of carbonyl (C=O) groups excluding carboxylic acids is 1. The summed E-state index contributed by atoms with van der Waals surface area (Å²) in [4.78, 5) is 29.3. The average molecular weight is 447 g/mol. The number of benzene rings is 2. The quantitative estimate of drug-likeness (QED) is 0.595. The summed E-state index contributed by atoms with van der Waals surface area (Å²) in [5, 5.41) is 10.4. The van der Waals surface area contributed by atoms with E-state index in [1.807, 2.05) is 31.2 Å². The molecule has 1 aliphatic heterocycles. The van der Waals surface area contributed by atoms with Crippen LogP contribution in [0.1, 0.15) is 16.1 Å². The van der Waals surface area contributed by atoms with E-state index in [0.29, 0.717) is 22.5 Å². The fraction of sp³-hybridized carbons (Fsp3) is 0.190. The first-order chi connectivity index (χ1) is 14.3.